The molecule has 0 heterocycles. The molecule has 2 aromatic rings. The Kier molecular flexibility index (Phi) is 4.30. The number of halogens is 1. The standard InChI is InChI=1S/C15H12ClNS/c1-11-3-2-4-12(7-11)10-18-15-6-5-14(16)8-13(15)9-17/h2-8H,10H2,1H3. The highest BCUT2D eigenvalue weighted by Gasteiger charge is 2.04. The van der Waals surface area contributed by atoms with Gasteiger partial charge in [0.1, 0.15) is 6.07 Å². The quantitative estimate of drug-likeness (QED) is 0.749. The monoisotopic (exact) mass is 273 g/mol. The fraction of sp³-hybridized carbons (Fsp3) is 0.133. The maximum Gasteiger partial charge on any atom is 0.100 e. The van der Waals surface area contributed by atoms with Crippen molar-refractivity contribution in [3.63, 3.8) is 0 Å². The summed E-state index contributed by atoms with van der Waals surface area (Å²) in [5.74, 6) is 0.859. The molecule has 0 saturated carbocycles. The molecule has 0 spiro atoms. The molecule has 0 N–H and O–H groups in total. The number of hydrogen-bond acceptors (Lipinski definition) is 2. The van der Waals surface area contributed by atoms with Crippen LogP contribution in [-0.4, -0.2) is 0 Å². The number of hydrogen-bond donors (Lipinski definition) is 0. The Hall–Kier alpha value is -1.43. The molecule has 1 nitrogen and oxygen atoms in total. The highest BCUT2D eigenvalue weighted by Crippen LogP contribution is 2.28. The van der Waals surface area contributed by atoms with E-state index >= 15 is 0 Å². The Labute approximate surface area is 116 Å². The van der Waals surface area contributed by atoms with Crippen molar-refractivity contribution in [2.75, 3.05) is 0 Å². The van der Waals surface area contributed by atoms with E-state index in [-0.39, 0.29) is 0 Å². The lowest BCUT2D eigenvalue weighted by atomic mass is 10.2. The molecule has 0 saturated heterocycles. The minimum atomic E-state index is 0.603. The molecule has 18 heavy (non-hydrogen) atoms. The van der Waals surface area contributed by atoms with Crippen molar-refractivity contribution in [2.24, 2.45) is 0 Å². The molecule has 0 aliphatic heterocycles. The molecule has 3 heteroatoms. The van der Waals surface area contributed by atoms with Gasteiger partial charge in [-0.05, 0) is 30.7 Å². The summed E-state index contributed by atoms with van der Waals surface area (Å²) in [4.78, 5) is 0.975. The van der Waals surface area contributed by atoms with E-state index in [1.165, 1.54) is 11.1 Å². The van der Waals surface area contributed by atoms with Crippen LogP contribution in [0.2, 0.25) is 5.02 Å². The molecular weight excluding hydrogens is 262 g/mol. The van der Waals surface area contributed by atoms with Crippen LogP contribution in [0.1, 0.15) is 16.7 Å². The number of nitriles is 1. The summed E-state index contributed by atoms with van der Waals surface area (Å²) in [6.07, 6.45) is 0. The topological polar surface area (TPSA) is 23.8 Å². The van der Waals surface area contributed by atoms with E-state index in [1.807, 2.05) is 12.1 Å². The fourth-order valence-corrected chi connectivity index (χ4v) is 2.78. The van der Waals surface area contributed by atoms with E-state index in [0.717, 1.165) is 10.6 Å². The summed E-state index contributed by atoms with van der Waals surface area (Å²) >= 11 is 7.53. The van der Waals surface area contributed by atoms with E-state index in [4.69, 9.17) is 16.9 Å². The molecule has 0 bridgehead atoms. The number of rotatable bonds is 3. The van der Waals surface area contributed by atoms with Gasteiger partial charge in [0.2, 0.25) is 0 Å². The second kappa shape index (κ2) is 5.95. The van der Waals surface area contributed by atoms with Crippen molar-refractivity contribution in [3.05, 3.63) is 64.2 Å². The van der Waals surface area contributed by atoms with Gasteiger partial charge in [-0.3, -0.25) is 0 Å². The van der Waals surface area contributed by atoms with E-state index < -0.39 is 0 Å². The lowest BCUT2D eigenvalue weighted by Gasteiger charge is -2.05. The summed E-state index contributed by atoms with van der Waals surface area (Å²) in [5, 5.41) is 9.67. The molecule has 0 radical (unpaired) electrons. The Morgan fingerprint density at radius 2 is 2.06 bits per heavy atom. The van der Waals surface area contributed by atoms with Crippen LogP contribution in [0.3, 0.4) is 0 Å². The largest absolute Gasteiger partial charge is 0.192 e. The van der Waals surface area contributed by atoms with Crippen molar-refractivity contribution in [2.45, 2.75) is 17.6 Å². The van der Waals surface area contributed by atoms with Crippen LogP contribution in [-0.2, 0) is 5.75 Å². The van der Waals surface area contributed by atoms with Gasteiger partial charge < -0.3 is 0 Å². The Morgan fingerprint density at radius 1 is 1.22 bits per heavy atom. The maximum atomic E-state index is 9.06. The highest BCUT2D eigenvalue weighted by molar-refractivity contribution is 7.98. The fourth-order valence-electron chi connectivity index (χ4n) is 1.68. The van der Waals surface area contributed by atoms with Gasteiger partial charge in [-0.25, -0.2) is 0 Å². The Bertz CT molecular complexity index is 602. The third-order valence-electron chi connectivity index (χ3n) is 2.54. The molecule has 0 fully saturated rings. The second-order valence-corrected chi connectivity index (χ2v) is 5.48. The van der Waals surface area contributed by atoms with Gasteiger partial charge in [0.15, 0.2) is 0 Å². The molecule has 2 rings (SSSR count). The van der Waals surface area contributed by atoms with Gasteiger partial charge in [0, 0.05) is 15.7 Å². The van der Waals surface area contributed by atoms with E-state index in [9.17, 15) is 0 Å². The van der Waals surface area contributed by atoms with Crippen LogP contribution in [0.5, 0.6) is 0 Å². The van der Waals surface area contributed by atoms with Gasteiger partial charge >= 0.3 is 0 Å². The van der Waals surface area contributed by atoms with Crippen LogP contribution in [0.25, 0.3) is 0 Å². The lowest BCUT2D eigenvalue weighted by Crippen LogP contribution is -1.85. The van der Waals surface area contributed by atoms with Gasteiger partial charge in [-0.2, -0.15) is 5.26 Å². The highest BCUT2D eigenvalue weighted by atomic mass is 35.5. The average Bonchev–Trinajstić information content (AvgIpc) is 2.37. The number of nitrogens with zero attached hydrogens (tertiary/aromatic N) is 1. The van der Waals surface area contributed by atoms with Crippen LogP contribution in [0.15, 0.2) is 47.4 Å². The first-order valence-corrected chi connectivity index (χ1v) is 6.93. The molecule has 0 unspecified atom stereocenters. The number of benzene rings is 2. The van der Waals surface area contributed by atoms with E-state index in [1.54, 1.807) is 17.8 Å². The summed E-state index contributed by atoms with van der Waals surface area (Å²) in [6.45, 7) is 2.08. The SMILES string of the molecule is Cc1cccc(CSc2ccc(Cl)cc2C#N)c1. The van der Waals surface area contributed by atoms with E-state index in [2.05, 4.69) is 37.3 Å². The first-order valence-electron chi connectivity index (χ1n) is 5.57. The van der Waals surface area contributed by atoms with Crippen molar-refractivity contribution >= 4 is 23.4 Å². The van der Waals surface area contributed by atoms with Crippen LogP contribution >= 0.6 is 23.4 Å². The zero-order valence-corrected chi connectivity index (χ0v) is 11.6. The van der Waals surface area contributed by atoms with Crippen molar-refractivity contribution in [1.82, 2.24) is 0 Å². The van der Waals surface area contributed by atoms with Crippen LogP contribution in [0.4, 0.5) is 0 Å². The Balaban J connectivity index is 2.14. The first-order chi connectivity index (χ1) is 8.69. The molecule has 0 aliphatic rings. The molecule has 2 aromatic carbocycles. The number of aryl methyl sites for hydroxylation is 1. The Morgan fingerprint density at radius 3 is 2.78 bits per heavy atom. The first kappa shape index (κ1) is 13.0. The molecule has 0 aliphatic carbocycles. The van der Waals surface area contributed by atoms with Gasteiger partial charge in [-0.1, -0.05) is 41.4 Å². The summed E-state index contributed by atoms with van der Waals surface area (Å²) < 4.78 is 0. The van der Waals surface area contributed by atoms with Crippen molar-refractivity contribution in [1.29, 1.82) is 5.26 Å². The van der Waals surface area contributed by atoms with E-state index in [0.29, 0.717) is 10.6 Å². The normalized spacial score (nSPS) is 10.1. The molecule has 0 amide bonds. The molecular formula is C15H12ClNS. The second-order valence-electron chi connectivity index (χ2n) is 4.03. The molecule has 0 atom stereocenters. The molecule has 90 valence electrons. The van der Waals surface area contributed by atoms with Gasteiger partial charge in [0.05, 0.1) is 5.56 Å². The maximum absolute atomic E-state index is 9.06. The predicted octanol–water partition coefficient (Wildman–Crippen LogP) is 4.81. The van der Waals surface area contributed by atoms with Crippen molar-refractivity contribution < 1.29 is 0 Å². The average molecular weight is 274 g/mol. The minimum absolute atomic E-state index is 0.603. The van der Waals surface area contributed by atoms with Gasteiger partial charge in [0.25, 0.3) is 0 Å². The lowest BCUT2D eigenvalue weighted by molar-refractivity contribution is 1.32. The number of thioether (sulfide) groups is 1. The van der Waals surface area contributed by atoms with Crippen LogP contribution < -0.4 is 0 Å². The summed E-state index contributed by atoms with van der Waals surface area (Å²) in [5.41, 5.74) is 3.16. The zero-order chi connectivity index (χ0) is 13.0. The van der Waals surface area contributed by atoms with Crippen molar-refractivity contribution in [3.8, 4) is 6.07 Å². The predicted molar refractivity (Wildman–Crippen MR) is 76.9 cm³/mol. The smallest absolute Gasteiger partial charge is 0.100 e. The third kappa shape index (κ3) is 3.29. The third-order valence-corrected chi connectivity index (χ3v) is 3.92. The minimum Gasteiger partial charge on any atom is -0.192 e. The summed E-state index contributed by atoms with van der Waals surface area (Å²) in [7, 11) is 0. The van der Waals surface area contributed by atoms with Gasteiger partial charge in [-0.15, -0.1) is 11.8 Å². The molecule has 0 aromatic heterocycles. The summed E-state index contributed by atoms with van der Waals surface area (Å²) in [6, 6.07) is 16.0. The zero-order valence-electron chi connectivity index (χ0n) is 9.98. The van der Waals surface area contributed by atoms with Crippen LogP contribution in [0, 0.1) is 18.3 Å².